The highest BCUT2D eigenvalue weighted by Gasteiger charge is 2.44. The van der Waals surface area contributed by atoms with Crippen molar-refractivity contribution < 1.29 is 14.4 Å². The summed E-state index contributed by atoms with van der Waals surface area (Å²) in [6.45, 7) is 5.28. The number of amides is 4. The standard InChI is InChI=1S/C40H46BrClN6O2.C33H35BrClN5O/c41-32-22-31-13-12-29-23-33(42)14-15-35(29)37(38(31)44-25-32)30-16-20-48(40(50)45-34-10-5-2-6-11-34)36(24-30)39(49)47(26-28-8-3-1-4-9-28)19-7-18-46-21-17-43-27-46;34-27-17-26-8-7-24-18-28(35)9-10-29(24)31(32(26)38-20-27)25-11-12-37-30(19-25)33(41)40(21-23-5-2-1-3-6-23)15-4-14-39-16-13-36-22-39/h1,3-4,8-9,14-15,17,21-23,25,27,30,34,36-37H,2,5-7,10-13,16,18-20,24,26H2,(H,45,50);1-3,5-6,9-10,13,16-18,20,22,25,30-31,37H,4,7-8,11-12,14-15,19,21H2/t30?,36?,37-;25?,30?,31-/m00/s1. The third kappa shape index (κ3) is 16.2. The van der Waals surface area contributed by atoms with Crippen molar-refractivity contribution in [3.8, 4) is 0 Å². The van der Waals surface area contributed by atoms with Crippen molar-refractivity contribution in [3.63, 3.8) is 0 Å². The van der Waals surface area contributed by atoms with Crippen molar-refractivity contribution in [1.82, 2.24) is 54.4 Å². The topological polar surface area (TPSA) is 146 Å². The monoisotopic (exact) mass is 1390 g/mol. The van der Waals surface area contributed by atoms with Crippen molar-refractivity contribution in [2.75, 3.05) is 26.2 Å². The van der Waals surface area contributed by atoms with E-state index in [1.807, 2.05) is 105 Å². The second kappa shape index (κ2) is 30.8. The summed E-state index contributed by atoms with van der Waals surface area (Å²) < 4.78 is 6.08. The number of imidazole rings is 2. The van der Waals surface area contributed by atoms with Crippen LogP contribution >= 0.6 is 55.1 Å². The van der Waals surface area contributed by atoms with E-state index in [2.05, 4.69) is 118 Å². The molecule has 3 aliphatic carbocycles. The lowest BCUT2D eigenvalue weighted by atomic mass is 9.74. The Labute approximate surface area is 562 Å². The summed E-state index contributed by atoms with van der Waals surface area (Å²) in [6, 6.07) is 36.7. The molecule has 5 aliphatic rings. The zero-order valence-corrected chi connectivity index (χ0v) is 56.3. The molecule has 91 heavy (non-hydrogen) atoms. The van der Waals surface area contributed by atoms with Gasteiger partial charge in [-0.05, 0) is 208 Å². The first-order chi connectivity index (χ1) is 44.5. The van der Waals surface area contributed by atoms with Gasteiger partial charge in [0.15, 0.2) is 0 Å². The van der Waals surface area contributed by atoms with Gasteiger partial charge in [-0.1, -0.05) is 115 Å². The molecular formula is C73H81Br2Cl2N11O3. The molecule has 1 saturated carbocycles. The minimum Gasteiger partial charge on any atom is -0.337 e. The van der Waals surface area contributed by atoms with E-state index >= 15 is 4.79 Å². The number of aryl methyl sites for hydroxylation is 6. The average molecular weight is 1390 g/mol. The molecule has 474 valence electrons. The van der Waals surface area contributed by atoms with E-state index in [-0.39, 0.29) is 47.7 Å². The lowest BCUT2D eigenvalue weighted by Gasteiger charge is -2.43. The molecular weight excluding hydrogens is 1310 g/mol. The van der Waals surface area contributed by atoms with Crippen LogP contribution in [-0.2, 0) is 61.5 Å². The number of carbonyl (C=O) groups is 3. The SMILES string of the molecule is O=C(C1CC([C@H]2c3ccc(Cl)cc3CCc3cc(Br)cnc32)CCN1)N(CCCn1ccnc1)Cc1ccccc1.O=C(C1CC([C@H]2c3ccc(Cl)cc3CCc3cc(Br)cnc32)CCN1C(=O)NC1CCCCC1)N(CCCn1ccnc1)Cc1ccccc1. The molecule has 4 unspecified atom stereocenters. The van der Waals surface area contributed by atoms with E-state index in [0.717, 1.165) is 145 Å². The number of hydrogen-bond acceptors (Lipinski definition) is 8. The van der Waals surface area contributed by atoms with Gasteiger partial charge < -0.3 is 34.5 Å². The Bertz CT molecular complexity index is 3620. The van der Waals surface area contributed by atoms with Crippen LogP contribution in [0.3, 0.4) is 0 Å². The Morgan fingerprint density at radius 3 is 1.64 bits per heavy atom. The van der Waals surface area contributed by atoms with Crippen LogP contribution in [0, 0.1) is 11.8 Å². The van der Waals surface area contributed by atoms with Crippen LogP contribution in [0.15, 0.2) is 168 Å². The Morgan fingerprint density at radius 1 is 0.593 bits per heavy atom. The minimum atomic E-state index is -0.591. The van der Waals surface area contributed by atoms with Crippen LogP contribution in [0.5, 0.6) is 0 Å². The number of nitrogens with zero attached hydrogens (tertiary/aromatic N) is 9. The van der Waals surface area contributed by atoms with Gasteiger partial charge in [0, 0.05) is 120 Å². The van der Waals surface area contributed by atoms with E-state index in [4.69, 9.17) is 33.2 Å². The number of aromatic nitrogens is 6. The van der Waals surface area contributed by atoms with Crippen molar-refractivity contribution >= 4 is 72.9 Å². The van der Waals surface area contributed by atoms with Crippen LogP contribution in [-0.4, -0.2) is 106 Å². The number of halogens is 4. The van der Waals surface area contributed by atoms with Crippen LogP contribution in [0.1, 0.15) is 138 Å². The average Bonchev–Trinajstić information content (AvgIpc) is 3.17. The number of likely N-dealkylation sites (tertiary alicyclic amines) is 1. The predicted molar refractivity (Wildman–Crippen MR) is 366 cm³/mol. The van der Waals surface area contributed by atoms with Crippen LogP contribution in [0.2, 0.25) is 10.0 Å². The first-order valence-electron chi connectivity index (χ1n) is 32.7. The van der Waals surface area contributed by atoms with Crippen LogP contribution in [0.4, 0.5) is 4.79 Å². The molecule has 4 aromatic carbocycles. The Hall–Kier alpha value is -6.69. The molecule has 4 aromatic heterocycles. The Morgan fingerprint density at radius 2 is 1.11 bits per heavy atom. The number of carbonyl (C=O) groups excluding carboxylic acids is 3. The fourth-order valence-electron chi connectivity index (χ4n) is 14.9. The number of pyridine rings is 2. The highest BCUT2D eigenvalue weighted by molar-refractivity contribution is 9.10. The lowest BCUT2D eigenvalue weighted by Crippen LogP contribution is -2.58. The summed E-state index contributed by atoms with van der Waals surface area (Å²) in [5.41, 5.74) is 12.0. The molecule has 13 rings (SSSR count). The molecule has 2 saturated heterocycles. The number of fused-ring (bicyclic) bond motifs is 4. The van der Waals surface area contributed by atoms with Crippen molar-refractivity contribution in [3.05, 3.63) is 234 Å². The predicted octanol–water partition coefficient (Wildman–Crippen LogP) is 14.6. The fourth-order valence-corrected chi connectivity index (χ4v) is 16.1. The summed E-state index contributed by atoms with van der Waals surface area (Å²) in [4.78, 5) is 67.6. The molecule has 2 aliphatic heterocycles. The minimum absolute atomic E-state index is 0.00413. The third-order valence-corrected chi connectivity index (χ3v) is 20.7. The molecule has 4 amide bonds. The second-order valence-corrected chi connectivity index (χ2v) is 28.1. The van der Waals surface area contributed by atoms with Crippen LogP contribution < -0.4 is 10.6 Å². The first-order valence-corrected chi connectivity index (χ1v) is 35.0. The van der Waals surface area contributed by atoms with Crippen molar-refractivity contribution in [2.45, 2.75) is 152 Å². The van der Waals surface area contributed by atoms with Gasteiger partial charge in [-0.25, -0.2) is 14.8 Å². The Balaban J connectivity index is 0.000000179. The quantitative estimate of drug-likeness (QED) is 0.0916. The van der Waals surface area contributed by atoms with Gasteiger partial charge in [-0.3, -0.25) is 19.6 Å². The summed E-state index contributed by atoms with van der Waals surface area (Å²) in [7, 11) is 0. The molecule has 0 spiro atoms. The molecule has 6 heterocycles. The molecule has 3 fully saturated rings. The summed E-state index contributed by atoms with van der Waals surface area (Å²) in [5.74, 6) is 0.720. The van der Waals surface area contributed by atoms with Crippen molar-refractivity contribution in [1.29, 1.82) is 0 Å². The first kappa shape index (κ1) is 64.4. The number of benzene rings is 4. The zero-order valence-electron chi connectivity index (χ0n) is 51.6. The number of nitrogens with one attached hydrogen (secondary N) is 2. The maximum Gasteiger partial charge on any atom is 0.318 e. The number of piperidine rings is 2. The maximum absolute atomic E-state index is 15.0. The number of hydrogen-bond donors (Lipinski definition) is 2. The Kier molecular flexibility index (Phi) is 21.8. The van der Waals surface area contributed by atoms with E-state index in [1.54, 1.807) is 12.4 Å². The van der Waals surface area contributed by atoms with Gasteiger partial charge in [0.2, 0.25) is 11.8 Å². The van der Waals surface area contributed by atoms with Gasteiger partial charge >= 0.3 is 6.03 Å². The van der Waals surface area contributed by atoms with E-state index in [1.165, 1.54) is 39.8 Å². The maximum atomic E-state index is 15.0. The van der Waals surface area contributed by atoms with Gasteiger partial charge in [-0.15, -0.1) is 0 Å². The molecule has 8 aromatic rings. The van der Waals surface area contributed by atoms with Gasteiger partial charge in [0.25, 0.3) is 0 Å². The summed E-state index contributed by atoms with van der Waals surface area (Å²) >= 11 is 20.3. The van der Waals surface area contributed by atoms with E-state index in [0.29, 0.717) is 45.1 Å². The van der Waals surface area contributed by atoms with Gasteiger partial charge in [-0.2, -0.15) is 0 Å². The molecule has 0 radical (unpaired) electrons. The highest BCUT2D eigenvalue weighted by Crippen LogP contribution is 2.46. The molecule has 18 heteroatoms. The number of rotatable bonds is 17. The van der Waals surface area contributed by atoms with E-state index < -0.39 is 6.04 Å². The highest BCUT2D eigenvalue weighted by atomic mass is 79.9. The molecule has 6 atom stereocenters. The van der Waals surface area contributed by atoms with E-state index in [9.17, 15) is 9.59 Å². The summed E-state index contributed by atoms with van der Waals surface area (Å²) in [6.07, 6.45) is 28.8. The second-order valence-electron chi connectivity index (χ2n) is 25.4. The largest absolute Gasteiger partial charge is 0.337 e. The third-order valence-electron chi connectivity index (χ3n) is 19.4. The van der Waals surface area contributed by atoms with Crippen molar-refractivity contribution in [2.24, 2.45) is 11.8 Å². The molecule has 0 bridgehead atoms. The summed E-state index contributed by atoms with van der Waals surface area (Å²) in [5, 5.41) is 8.44. The fraction of sp³-hybridized carbons (Fsp3) is 0.411. The lowest BCUT2D eigenvalue weighted by molar-refractivity contribution is -0.138. The van der Waals surface area contributed by atoms with Gasteiger partial charge in [0.1, 0.15) is 6.04 Å². The normalized spacial score (nSPS) is 20.5. The smallest absolute Gasteiger partial charge is 0.318 e. The van der Waals surface area contributed by atoms with Gasteiger partial charge in [0.05, 0.1) is 30.1 Å². The molecule has 14 nitrogen and oxygen atoms in total. The zero-order chi connectivity index (χ0) is 62.6. The molecule has 2 N–H and O–H groups in total. The number of urea groups is 1. The van der Waals surface area contributed by atoms with Crippen LogP contribution in [0.25, 0.3) is 0 Å².